The highest BCUT2D eigenvalue weighted by Crippen LogP contribution is 2.33. The van der Waals surface area contributed by atoms with Crippen LogP contribution in [-0.2, 0) is 29.0 Å². The summed E-state index contributed by atoms with van der Waals surface area (Å²) in [4.78, 5) is 39.5. The van der Waals surface area contributed by atoms with Crippen molar-refractivity contribution in [3.63, 3.8) is 0 Å². The number of ether oxygens (including phenoxy) is 2. The molecule has 0 bridgehead atoms. The number of amides is 1. The lowest BCUT2D eigenvalue weighted by atomic mass is 9.98. The lowest BCUT2D eigenvalue weighted by molar-refractivity contribution is -0.108. The van der Waals surface area contributed by atoms with Gasteiger partial charge in [0.05, 0.1) is 31.8 Å². The number of carbonyl (C=O) groups is 2. The fourth-order valence-electron chi connectivity index (χ4n) is 5.14. The predicted molar refractivity (Wildman–Crippen MR) is 147 cm³/mol. The highest BCUT2D eigenvalue weighted by atomic mass is 35.5. The van der Waals surface area contributed by atoms with Gasteiger partial charge in [0.25, 0.3) is 0 Å². The van der Waals surface area contributed by atoms with E-state index >= 15 is 0 Å². The number of piperazine rings is 1. The third-order valence-electron chi connectivity index (χ3n) is 6.99. The average Bonchev–Trinajstić information content (AvgIpc) is 2.89. The number of nitrogens with zero attached hydrogens (tertiary/aromatic N) is 6. The number of halogens is 1. The molecule has 3 heterocycles. The summed E-state index contributed by atoms with van der Waals surface area (Å²) in [6.45, 7) is 7.95. The second-order valence-corrected chi connectivity index (χ2v) is 11.2. The molecular weight excluding hydrogens is 520 g/mol. The van der Waals surface area contributed by atoms with Gasteiger partial charge in [0.2, 0.25) is 5.28 Å². The number of nitriles is 1. The van der Waals surface area contributed by atoms with Crippen LogP contribution in [0.4, 0.5) is 10.6 Å². The number of hydrogen-bond donors (Lipinski definition) is 0. The number of aldehydes is 1. The Morgan fingerprint density at radius 3 is 2.59 bits per heavy atom. The van der Waals surface area contributed by atoms with Crippen molar-refractivity contribution >= 4 is 29.8 Å². The van der Waals surface area contributed by atoms with E-state index < -0.39 is 11.7 Å². The number of aromatic nitrogens is 2. The second kappa shape index (κ2) is 12.2. The second-order valence-electron chi connectivity index (χ2n) is 10.9. The van der Waals surface area contributed by atoms with E-state index in [1.54, 1.807) is 12.0 Å². The molecule has 2 aromatic rings. The molecule has 0 unspecified atom stereocenters. The molecule has 1 aromatic carbocycles. The zero-order chi connectivity index (χ0) is 28.2. The Kier molecular flexibility index (Phi) is 8.93. The van der Waals surface area contributed by atoms with Crippen molar-refractivity contribution in [3.05, 3.63) is 46.4 Å². The third-order valence-corrected chi connectivity index (χ3v) is 7.16. The monoisotopic (exact) mass is 554 g/mol. The summed E-state index contributed by atoms with van der Waals surface area (Å²) in [5, 5.41) is 9.71. The van der Waals surface area contributed by atoms with Gasteiger partial charge in [-0.3, -0.25) is 4.90 Å². The molecule has 208 valence electrons. The fraction of sp³-hybridized carbons (Fsp3) is 0.536. The van der Waals surface area contributed by atoms with Crippen LogP contribution in [0.3, 0.4) is 0 Å². The van der Waals surface area contributed by atoms with E-state index in [-0.39, 0.29) is 23.9 Å². The van der Waals surface area contributed by atoms with E-state index in [1.165, 1.54) is 0 Å². The van der Waals surface area contributed by atoms with Gasteiger partial charge in [-0.1, -0.05) is 12.1 Å². The van der Waals surface area contributed by atoms with Crippen molar-refractivity contribution in [3.8, 4) is 11.8 Å². The van der Waals surface area contributed by atoms with E-state index in [0.717, 1.165) is 23.2 Å². The molecule has 4 rings (SSSR count). The number of fused-ring (bicyclic) bond motifs is 1. The van der Waals surface area contributed by atoms with E-state index in [4.69, 9.17) is 21.1 Å². The molecule has 10 nitrogen and oxygen atoms in total. The lowest BCUT2D eigenvalue weighted by Crippen LogP contribution is -2.58. The first-order chi connectivity index (χ1) is 18.6. The summed E-state index contributed by atoms with van der Waals surface area (Å²) in [7, 11) is 1.63. The van der Waals surface area contributed by atoms with Crippen LogP contribution >= 0.6 is 11.6 Å². The van der Waals surface area contributed by atoms with Gasteiger partial charge in [-0.25, -0.2) is 14.8 Å². The molecule has 39 heavy (non-hydrogen) atoms. The summed E-state index contributed by atoms with van der Waals surface area (Å²) in [6, 6.07) is 9.96. The van der Waals surface area contributed by atoms with Gasteiger partial charge in [-0.2, -0.15) is 5.26 Å². The van der Waals surface area contributed by atoms with Crippen LogP contribution in [0.1, 0.15) is 50.4 Å². The Morgan fingerprint density at radius 1 is 1.21 bits per heavy atom. The molecule has 2 aliphatic rings. The lowest BCUT2D eigenvalue weighted by Gasteiger charge is -2.47. The van der Waals surface area contributed by atoms with Crippen LogP contribution in [0.2, 0.25) is 5.28 Å². The summed E-state index contributed by atoms with van der Waals surface area (Å²) >= 11 is 6.39. The molecule has 1 aromatic heterocycles. The Labute approximate surface area is 234 Å². The van der Waals surface area contributed by atoms with Crippen LogP contribution in [0.5, 0.6) is 5.75 Å². The SMILES string of the molecule is COc1ccc(CN2C[C@@H](CC=O)N(c3nc(Cl)nc4c3CCN(C(=O)OC(C)(C)C)C4)C[C@@H]2CC#N)cc1. The smallest absolute Gasteiger partial charge is 0.410 e. The molecule has 2 atom stereocenters. The maximum absolute atomic E-state index is 12.7. The van der Waals surface area contributed by atoms with E-state index in [2.05, 4.69) is 25.8 Å². The van der Waals surface area contributed by atoms with E-state index in [0.29, 0.717) is 57.0 Å². The standard InChI is InChI=1S/C28H35ClN6O4/c1-28(2,3)39-27(37)33-13-10-23-24(18-33)31-26(29)32-25(23)35-17-20(9-12-30)34(16-21(35)11-14-36)15-19-5-7-22(38-4)8-6-19/h5-8,14,20-21H,9-11,13,15-18H2,1-4H3/t20-,21+/m0/s1. The summed E-state index contributed by atoms with van der Waals surface area (Å²) in [5.41, 5.74) is 2.08. The molecule has 1 amide bonds. The minimum Gasteiger partial charge on any atom is -0.497 e. The van der Waals surface area contributed by atoms with Crippen LogP contribution in [-0.4, -0.2) is 76.6 Å². The Hall–Kier alpha value is -3.42. The Bertz CT molecular complexity index is 1230. The van der Waals surface area contributed by atoms with Crippen molar-refractivity contribution in [2.24, 2.45) is 0 Å². The number of rotatable bonds is 7. The fourth-order valence-corrected chi connectivity index (χ4v) is 5.32. The number of hydrogen-bond acceptors (Lipinski definition) is 9. The molecule has 0 radical (unpaired) electrons. The van der Waals surface area contributed by atoms with Crippen molar-refractivity contribution in [2.75, 3.05) is 31.6 Å². The molecule has 11 heteroatoms. The number of benzene rings is 1. The van der Waals surface area contributed by atoms with Crippen LogP contribution in [0.15, 0.2) is 24.3 Å². The summed E-state index contributed by atoms with van der Waals surface area (Å²) in [5.74, 6) is 1.46. The van der Waals surface area contributed by atoms with Gasteiger partial charge in [0, 0.05) is 50.2 Å². The van der Waals surface area contributed by atoms with Gasteiger partial charge in [0.1, 0.15) is 23.5 Å². The molecule has 0 aliphatic carbocycles. The highest BCUT2D eigenvalue weighted by molar-refractivity contribution is 6.28. The first-order valence-corrected chi connectivity index (χ1v) is 13.5. The molecule has 0 N–H and O–H groups in total. The van der Waals surface area contributed by atoms with Gasteiger partial charge >= 0.3 is 6.09 Å². The van der Waals surface area contributed by atoms with Crippen LogP contribution in [0, 0.1) is 11.3 Å². The Morgan fingerprint density at radius 2 is 1.95 bits per heavy atom. The zero-order valence-electron chi connectivity index (χ0n) is 22.9. The number of methoxy groups -OCH3 is 1. The zero-order valence-corrected chi connectivity index (χ0v) is 23.6. The minimum absolute atomic E-state index is 0.0775. The van der Waals surface area contributed by atoms with Gasteiger partial charge in [-0.05, 0) is 56.5 Å². The van der Waals surface area contributed by atoms with Crippen LogP contribution < -0.4 is 9.64 Å². The minimum atomic E-state index is -0.602. The van der Waals surface area contributed by atoms with Crippen molar-refractivity contribution in [2.45, 2.75) is 70.8 Å². The molecule has 1 saturated heterocycles. The molecule has 0 spiro atoms. The molecule has 0 saturated carbocycles. The van der Waals surface area contributed by atoms with Gasteiger partial charge in [0.15, 0.2) is 0 Å². The topological polar surface area (TPSA) is 112 Å². The average molecular weight is 555 g/mol. The maximum atomic E-state index is 12.7. The van der Waals surface area contributed by atoms with E-state index in [9.17, 15) is 14.9 Å². The van der Waals surface area contributed by atoms with Crippen molar-refractivity contribution < 1.29 is 19.1 Å². The maximum Gasteiger partial charge on any atom is 0.410 e. The normalized spacial score (nSPS) is 19.7. The molecule has 1 fully saturated rings. The van der Waals surface area contributed by atoms with E-state index in [1.807, 2.05) is 45.0 Å². The largest absolute Gasteiger partial charge is 0.497 e. The first-order valence-electron chi connectivity index (χ1n) is 13.1. The third kappa shape index (κ3) is 6.97. The number of anilines is 1. The molecule has 2 aliphatic heterocycles. The molecular formula is C28H35ClN6O4. The van der Waals surface area contributed by atoms with Crippen molar-refractivity contribution in [1.29, 1.82) is 5.26 Å². The van der Waals surface area contributed by atoms with Crippen LogP contribution in [0.25, 0.3) is 0 Å². The van der Waals surface area contributed by atoms with Gasteiger partial charge < -0.3 is 24.1 Å². The summed E-state index contributed by atoms with van der Waals surface area (Å²) < 4.78 is 10.8. The Balaban J connectivity index is 1.61. The highest BCUT2D eigenvalue weighted by Gasteiger charge is 2.37. The predicted octanol–water partition coefficient (Wildman–Crippen LogP) is 3.99. The number of carbonyl (C=O) groups excluding carboxylic acids is 2. The van der Waals surface area contributed by atoms with Crippen molar-refractivity contribution in [1.82, 2.24) is 19.8 Å². The summed E-state index contributed by atoms with van der Waals surface area (Å²) in [6.07, 6.45) is 1.69. The van der Waals surface area contributed by atoms with Gasteiger partial charge in [-0.15, -0.1) is 0 Å². The first kappa shape index (κ1) is 28.6. The quantitative estimate of drug-likeness (QED) is 0.370.